The third-order valence-corrected chi connectivity index (χ3v) is 2.97. The third-order valence-electron chi connectivity index (χ3n) is 2.97. The number of aryl methyl sites for hydroxylation is 1. The molecule has 5 heteroatoms. The highest BCUT2D eigenvalue weighted by molar-refractivity contribution is 5.93. The molecular weight excluding hydrogens is 262 g/mol. The summed E-state index contributed by atoms with van der Waals surface area (Å²) in [5.41, 5.74) is 6.73. The Morgan fingerprint density at radius 3 is 2.55 bits per heavy atom. The normalized spacial score (nSPS) is 10.3. The highest BCUT2D eigenvalue weighted by Gasteiger charge is 2.07. The smallest absolute Gasteiger partial charge is 0.248 e. The quantitative estimate of drug-likeness (QED) is 0.902. The first-order valence-electron chi connectivity index (χ1n) is 6.05. The first-order valence-corrected chi connectivity index (χ1v) is 6.05. The summed E-state index contributed by atoms with van der Waals surface area (Å²) in [4.78, 5) is 11.0. The number of rotatable bonds is 4. The summed E-state index contributed by atoms with van der Waals surface area (Å²) in [6, 6.07) is 8.61. The van der Waals surface area contributed by atoms with Crippen LogP contribution < -0.4 is 11.1 Å². The van der Waals surface area contributed by atoms with Crippen LogP contribution in [-0.4, -0.2) is 5.91 Å². The van der Waals surface area contributed by atoms with Gasteiger partial charge in [0.15, 0.2) is 0 Å². The van der Waals surface area contributed by atoms with Crippen molar-refractivity contribution in [2.24, 2.45) is 5.73 Å². The Kier molecular flexibility index (Phi) is 3.98. The standard InChI is InChI=1S/C15H14F2N2O/c1-9-2-3-10(6-13(9)17)8-19-14-7-11(15(18)20)4-5-12(14)16/h2-7,19H,8H2,1H3,(H2,18,20). The number of anilines is 1. The average molecular weight is 276 g/mol. The Labute approximate surface area is 115 Å². The third kappa shape index (κ3) is 3.12. The fourth-order valence-electron chi connectivity index (χ4n) is 1.76. The van der Waals surface area contributed by atoms with Gasteiger partial charge in [0.1, 0.15) is 11.6 Å². The van der Waals surface area contributed by atoms with Crippen molar-refractivity contribution in [2.75, 3.05) is 5.32 Å². The van der Waals surface area contributed by atoms with Gasteiger partial charge in [-0.15, -0.1) is 0 Å². The van der Waals surface area contributed by atoms with Crippen molar-refractivity contribution in [3.63, 3.8) is 0 Å². The summed E-state index contributed by atoms with van der Waals surface area (Å²) in [6.07, 6.45) is 0. The molecule has 0 atom stereocenters. The molecule has 2 aromatic rings. The van der Waals surface area contributed by atoms with Gasteiger partial charge >= 0.3 is 0 Å². The Bertz CT molecular complexity index is 656. The topological polar surface area (TPSA) is 55.1 Å². The number of amides is 1. The summed E-state index contributed by atoms with van der Waals surface area (Å²) in [5, 5.41) is 2.82. The Hall–Kier alpha value is -2.43. The van der Waals surface area contributed by atoms with Gasteiger partial charge in [-0.2, -0.15) is 0 Å². The Morgan fingerprint density at radius 1 is 1.15 bits per heavy atom. The van der Waals surface area contributed by atoms with Crippen LogP contribution in [0.15, 0.2) is 36.4 Å². The van der Waals surface area contributed by atoms with Crippen LogP contribution in [-0.2, 0) is 6.54 Å². The van der Waals surface area contributed by atoms with Crippen molar-refractivity contribution < 1.29 is 13.6 Å². The van der Waals surface area contributed by atoms with Crippen LogP contribution in [0.3, 0.4) is 0 Å². The molecule has 0 aliphatic heterocycles. The van der Waals surface area contributed by atoms with E-state index in [4.69, 9.17) is 5.73 Å². The number of nitrogens with one attached hydrogen (secondary N) is 1. The van der Waals surface area contributed by atoms with E-state index in [2.05, 4.69) is 5.32 Å². The predicted octanol–water partition coefficient (Wildman–Crippen LogP) is 2.98. The lowest BCUT2D eigenvalue weighted by Crippen LogP contribution is -2.12. The molecule has 2 rings (SSSR count). The van der Waals surface area contributed by atoms with Crippen molar-refractivity contribution >= 4 is 11.6 Å². The van der Waals surface area contributed by atoms with Gasteiger partial charge in [0.2, 0.25) is 5.91 Å². The summed E-state index contributed by atoms with van der Waals surface area (Å²) in [6.45, 7) is 1.92. The van der Waals surface area contributed by atoms with E-state index in [-0.39, 0.29) is 23.6 Å². The molecule has 1 amide bonds. The lowest BCUT2D eigenvalue weighted by Gasteiger charge is -2.09. The van der Waals surface area contributed by atoms with Crippen molar-refractivity contribution in [2.45, 2.75) is 13.5 Å². The second-order valence-electron chi connectivity index (χ2n) is 4.50. The van der Waals surface area contributed by atoms with Crippen LogP contribution in [0.1, 0.15) is 21.5 Å². The second-order valence-corrected chi connectivity index (χ2v) is 4.50. The molecule has 0 radical (unpaired) electrons. The lowest BCUT2D eigenvalue weighted by atomic mass is 10.1. The molecule has 0 fully saturated rings. The molecular formula is C15H14F2N2O. The predicted molar refractivity (Wildman–Crippen MR) is 73.4 cm³/mol. The van der Waals surface area contributed by atoms with Crippen molar-refractivity contribution in [1.82, 2.24) is 0 Å². The van der Waals surface area contributed by atoms with E-state index in [9.17, 15) is 13.6 Å². The molecule has 20 heavy (non-hydrogen) atoms. The van der Waals surface area contributed by atoms with Crippen LogP contribution in [0.5, 0.6) is 0 Å². The maximum absolute atomic E-state index is 13.6. The van der Waals surface area contributed by atoms with E-state index >= 15 is 0 Å². The van der Waals surface area contributed by atoms with Gasteiger partial charge in [-0.05, 0) is 42.3 Å². The maximum Gasteiger partial charge on any atom is 0.248 e. The van der Waals surface area contributed by atoms with Crippen LogP contribution >= 0.6 is 0 Å². The molecule has 3 nitrogen and oxygen atoms in total. The van der Waals surface area contributed by atoms with E-state index in [1.165, 1.54) is 18.2 Å². The molecule has 2 aromatic carbocycles. The zero-order valence-electron chi connectivity index (χ0n) is 10.9. The largest absolute Gasteiger partial charge is 0.379 e. The van der Waals surface area contributed by atoms with E-state index < -0.39 is 11.7 Å². The zero-order valence-corrected chi connectivity index (χ0v) is 10.9. The molecule has 104 valence electrons. The molecule has 0 heterocycles. The molecule has 3 N–H and O–H groups in total. The molecule has 0 unspecified atom stereocenters. The van der Waals surface area contributed by atoms with Gasteiger partial charge in [0.25, 0.3) is 0 Å². The minimum atomic E-state index is -0.630. The number of benzene rings is 2. The Morgan fingerprint density at radius 2 is 1.90 bits per heavy atom. The molecule has 0 bridgehead atoms. The summed E-state index contributed by atoms with van der Waals surface area (Å²) in [7, 11) is 0. The van der Waals surface area contributed by atoms with Gasteiger partial charge < -0.3 is 11.1 Å². The minimum absolute atomic E-state index is 0.155. The summed E-state index contributed by atoms with van der Waals surface area (Å²) in [5.74, 6) is -1.44. The molecule has 0 spiro atoms. The number of halogens is 2. The molecule has 0 aliphatic rings. The van der Waals surface area contributed by atoms with Gasteiger partial charge in [-0.3, -0.25) is 4.79 Å². The molecule has 0 saturated carbocycles. The SMILES string of the molecule is Cc1ccc(CNc2cc(C(N)=O)ccc2F)cc1F. The van der Waals surface area contributed by atoms with E-state index in [0.29, 0.717) is 11.1 Å². The minimum Gasteiger partial charge on any atom is -0.379 e. The first kappa shape index (κ1) is 14.0. The van der Waals surface area contributed by atoms with Gasteiger partial charge in [-0.25, -0.2) is 8.78 Å². The zero-order chi connectivity index (χ0) is 14.7. The van der Waals surface area contributed by atoms with Crippen LogP contribution in [0.2, 0.25) is 0 Å². The second kappa shape index (κ2) is 5.69. The van der Waals surface area contributed by atoms with E-state index in [1.807, 2.05) is 0 Å². The van der Waals surface area contributed by atoms with Crippen molar-refractivity contribution in [3.8, 4) is 0 Å². The van der Waals surface area contributed by atoms with E-state index in [0.717, 1.165) is 6.07 Å². The Balaban J connectivity index is 2.15. The molecule has 0 aliphatic carbocycles. The molecule has 0 aromatic heterocycles. The summed E-state index contributed by atoms with van der Waals surface area (Å²) >= 11 is 0. The average Bonchev–Trinajstić information content (AvgIpc) is 2.41. The maximum atomic E-state index is 13.6. The fourth-order valence-corrected chi connectivity index (χ4v) is 1.76. The highest BCUT2D eigenvalue weighted by atomic mass is 19.1. The summed E-state index contributed by atoms with van der Waals surface area (Å²) < 4.78 is 27.0. The number of primary amides is 1. The number of hydrogen-bond donors (Lipinski definition) is 2. The van der Waals surface area contributed by atoms with Gasteiger partial charge in [0, 0.05) is 12.1 Å². The van der Waals surface area contributed by atoms with Crippen LogP contribution in [0, 0.1) is 18.6 Å². The van der Waals surface area contributed by atoms with Crippen LogP contribution in [0.25, 0.3) is 0 Å². The van der Waals surface area contributed by atoms with E-state index in [1.54, 1.807) is 19.1 Å². The van der Waals surface area contributed by atoms with Crippen molar-refractivity contribution in [3.05, 3.63) is 64.7 Å². The monoisotopic (exact) mass is 276 g/mol. The lowest BCUT2D eigenvalue weighted by molar-refractivity contribution is 0.100. The number of carbonyl (C=O) groups excluding carboxylic acids is 1. The fraction of sp³-hybridized carbons (Fsp3) is 0.133. The van der Waals surface area contributed by atoms with Crippen LogP contribution in [0.4, 0.5) is 14.5 Å². The van der Waals surface area contributed by atoms with Gasteiger partial charge in [-0.1, -0.05) is 12.1 Å². The molecule has 0 saturated heterocycles. The van der Waals surface area contributed by atoms with Gasteiger partial charge in [0.05, 0.1) is 5.69 Å². The number of hydrogen-bond acceptors (Lipinski definition) is 2. The first-order chi connectivity index (χ1) is 9.47. The number of carbonyl (C=O) groups is 1. The van der Waals surface area contributed by atoms with Crippen molar-refractivity contribution in [1.29, 1.82) is 0 Å². The number of nitrogens with two attached hydrogens (primary N) is 1. The highest BCUT2D eigenvalue weighted by Crippen LogP contribution is 2.18.